The van der Waals surface area contributed by atoms with E-state index in [0.29, 0.717) is 23.7 Å². The zero-order valence-electron chi connectivity index (χ0n) is 14.3. The van der Waals surface area contributed by atoms with Gasteiger partial charge in [0.15, 0.2) is 0 Å². The molecule has 7 heteroatoms. The van der Waals surface area contributed by atoms with E-state index in [1.165, 1.54) is 25.1 Å². The number of carbonyl (C=O) groups is 2. The van der Waals surface area contributed by atoms with Crippen molar-refractivity contribution in [3.05, 3.63) is 48.3 Å². The van der Waals surface area contributed by atoms with Crippen LogP contribution in [0.15, 0.2) is 42.5 Å². The van der Waals surface area contributed by atoms with Crippen molar-refractivity contribution in [3.8, 4) is 5.75 Å². The minimum absolute atomic E-state index is 0.241. The predicted octanol–water partition coefficient (Wildman–Crippen LogP) is 2.99. The van der Waals surface area contributed by atoms with E-state index in [1.807, 2.05) is 6.92 Å². The van der Waals surface area contributed by atoms with Gasteiger partial charge in [-0.25, -0.2) is 4.39 Å². The van der Waals surface area contributed by atoms with Gasteiger partial charge >= 0.3 is 11.8 Å². The van der Waals surface area contributed by atoms with Gasteiger partial charge in [0.25, 0.3) is 0 Å². The standard InChI is InChI=1S/C18H20FN3O3/c1-4-25-12-9-10-15(21-17(23)18(24)22(2)3)16(11-12)20-14-8-6-5-7-13(14)19/h5-11,20H,4H2,1-3H3,(H,21,23). The van der Waals surface area contributed by atoms with Crippen molar-refractivity contribution in [2.75, 3.05) is 31.3 Å². The Morgan fingerprint density at radius 1 is 1.08 bits per heavy atom. The molecule has 25 heavy (non-hydrogen) atoms. The molecule has 6 nitrogen and oxygen atoms in total. The van der Waals surface area contributed by atoms with Gasteiger partial charge in [-0.3, -0.25) is 9.59 Å². The van der Waals surface area contributed by atoms with Gasteiger partial charge in [0.2, 0.25) is 0 Å². The van der Waals surface area contributed by atoms with Gasteiger partial charge in [-0.2, -0.15) is 0 Å². The Hall–Kier alpha value is -3.09. The van der Waals surface area contributed by atoms with Crippen LogP contribution in [0.4, 0.5) is 21.5 Å². The summed E-state index contributed by atoms with van der Waals surface area (Å²) in [6.07, 6.45) is 0. The highest BCUT2D eigenvalue weighted by Gasteiger charge is 2.18. The van der Waals surface area contributed by atoms with Crippen molar-refractivity contribution in [1.29, 1.82) is 0 Å². The minimum atomic E-state index is -0.786. The van der Waals surface area contributed by atoms with E-state index in [9.17, 15) is 14.0 Å². The number of ether oxygens (including phenoxy) is 1. The summed E-state index contributed by atoms with van der Waals surface area (Å²) in [5.41, 5.74) is 0.994. The van der Waals surface area contributed by atoms with E-state index < -0.39 is 17.6 Å². The van der Waals surface area contributed by atoms with Crippen LogP contribution in [0.1, 0.15) is 6.92 Å². The van der Waals surface area contributed by atoms with E-state index in [2.05, 4.69) is 10.6 Å². The Balaban J connectivity index is 2.33. The van der Waals surface area contributed by atoms with Crippen molar-refractivity contribution in [2.24, 2.45) is 0 Å². The monoisotopic (exact) mass is 345 g/mol. The van der Waals surface area contributed by atoms with Crippen LogP contribution in [-0.4, -0.2) is 37.4 Å². The number of anilines is 3. The number of benzene rings is 2. The number of nitrogens with zero attached hydrogens (tertiary/aromatic N) is 1. The molecule has 2 amide bonds. The molecule has 0 heterocycles. The zero-order chi connectivity index (χ0) is 18.4. The molecule has 0 aliphatic rings. The smallest absolute Gasteiger partial charge is 0.313 e. The Morgan fingerprint density at radius 3 is 2.44 bits per heavy atom. The van der Waals surface area contributed by atoms with Crippen molar-refractivity contribution in [1.82, 2.24) is 4.90 Å². The maximum atomic E-state index is 13.9. The first-order valence-corrected chi connectivity index (χ1v) is 7.73. The lowest BCUT2D eigenvalue weighted by Gasteiger charge is -2.16. The molecule has 2 N–H and O–H groups in total. The molecular formula is C18H20FN3O3. The lowest BCUT2D eigenvalue weighted by Crippen LogP contribution is -2.34. The average molecular weight is 345 g/mol. The van der Waals surface area contributed by atoms with Gasteiger partial charge in [0.05, 0.1) is 23.7 Å². The van der Waals surface area contributed by atoms with E-state index in [1.54, 1.807) is 36.4 Å². The van der Waals surface area contributed by atoms with Crippen molar-refractivity contribution in [2.45, 2.75) is 6.92 Å². The molecule has 0 aliphatic heterocycles. The summed E-state index contributed by atoms with van der Waals surface area (Å²) >= 11 is 0. The molecule has 0 aromatic heterocycles. The molecule has 2 rings (SSSR count). The number of hydrogen-bond acceptors (Lipinski definition) is 4. The molecule has 0 radical (unpaired) electrons. The van der Waals surface area contributed by atoms with Gasteiger partial charge < -0.3 is 20.3 Å². The Kier molecular flexibility index (Phi) is 5.94. The number of amides is 2. The van der Waals surface area contributed by atoms with Crippen molar-refractivity contribution >= 4 is 28.9 Å². The molecule has 0 fully saturated rings. The summed E-state index contributed by atoms with van der Waals surface area (Å²) in [5, 5.41) is 5.45. The third kappa shape index (κ3) is 4.69. The SMILES string of the molecule is CCOc1ccc(NC(=O)C(=O)N(C)C)c(Nc2ccccc2F)c1. The summed E-state index contributed by atoms with van der Waals surface area (Å²) < 4.78 is 19.3. The summed E-state index contributed by atoms with van der Waals surface area (Å²) in [6.45, 7) is 2.30. The third-order valence-corrected chi connectivity index (χ3v) is 3.29. The highest BCUT2D eigenvalue weighted by atomic mass is 19.1. The van der Waals surface area contributed by atoms with E-state index in [0.717, 1.165) is 0 Å². The molecule has 0 atom stereocenters. The molecule has 0 unspecified atom stereocenters. The summed E-state index contributed by atoms with van der Waals surface area (Å²) in [4.78, 5) is 24.9. The van der Waals surface area contributed by atoms with Gasteiger partial charge in [0.1, 0.15) is 11.6 Å². The lowest BCUT2D eigenvalue weighted by atomic mass is 10.2. The highest BCUT2D eigenvalue weighted by molar-refractivity contribution is 6.39. The van der Waals surface area contributed by atoms with Gasteiger partial charge in [-0.05, 0) is 31.2 Å². The van der Waals surface area contributed by atoms with Crippen LogP contribution in [0.3, 0.4) is 0 Å². The fourth-order valence-corrected chi connectivity index (χ4v) is 2.08. The van der Waals surface area contributed by atoms with Crippen LogP contribution >= 0.6 is 0 Å². The molecule has 2 aromatic rings. The lowest BCUT2D eigenvalue weighted by molar-refractivity contribution is -0.141. The topological polar surface area (TPSA) is 70.7 Å². The minimum Gasteiger partial charge on any atom is -0.494 e. The van der Waals surface area contributed by atoms with Crippen LogP contribution in [0.25, 0.3) is 0 Å². The summed E-state index contributed by atoms with van der Waals surface area (Å²) in [7, 11) is 2.97. The van der Waals surface area contributed by atoms with Crippen LogP contribution in [0, 0.1) is 5.82 Å². The van der Waals surface area contributed by atoms with E-state index in [4.69, 9.17) is 4.74 Å². The highest BCUT2D eigenvalue weighted by Crippen LogP contribution is 2.31. The fourth-order valence-electron chi connectivity index (χ4n) is 2.08. The van der Waals surface area contributed by atoms with Crippen molar-refractivity contribution in [3.63, 3.8) is 0 Å². The molecule has 0 spiro atoms. The number of nitrogens with one attached hydrogen (secondary N) is 2. The second-order valence-corrected chi connectivity index (χ2v) is 5.40. The van der Waals surface area contributed by atoms with Crippen LogP contribution in [0.5, 0.6) is 5.75 Å². The second-order valence-electron chi connectivity index (χ2n) is 5.40. The number of hydrogen-bond donors (Lipinski definition) is 2. The molecule has 0 saturated carbocycles. The average Bonchev–Trinajstić information content (AvgIpc) is 2.58. The van der Waals surface area contributed by atoms with Crippen LogP contribution < -0.4 is 15.4 Å². The molecule has 2 aromatic carbocycles. The molecular weight excluding hydrogens is 325 g/mol. The molecule has 132 valence electrons. The van der Waals surface area contributed by atoms with Crippen LogP contribution in [0.2, 0.25) is 0 Å². The number of carbonyl (C=O) groups excluding carboxylic acids is 2. The fraction of sp³-hybridized carbons (Fsp3) is 0.222. The Bertz CT molecular complexity index is 778. The molecule has 0 saturated heterocycles. The van der Waals surface area contributed by atoms with Crippen LogP contribution in [-0.2, 0) is 9.59 Å². The quantitative estimate of drug-likeness (QED) is 0.818. The Morgan fingerprint density at radius 2 is 1.80 bits per heavy atom. The summed E-state index contributed by atoms with van der Waals surface area (Å²) in [5.74, 6) is -1.36. The maximum Gasteiger partial charge on any atom is 0.313 e. The summed E-state index contributed by atoms with van der Waals surface area (Å²) in [6, 6.07) is 11.0. The number of halogens is 1. The van der Waals surface area contributed by atoms with E-state index in [-0.39, 0.29) is 5.69 Å². The first kappa shape index (κ1) is 18.3. The zero-order valence-corrected chi connectivity index (χ0v) is 14.3. The predicted molar refractivity (Wildman–Crippen MR) is 94.6 cm³/mol. The second kappa shape index (κ2) is 8.14. The van der Waals surface area contributed by atoms with Gasteiger partial charge in [-0.1, -0.05) is 12.1 Å². The van der Waals surface area contributed by atoms with Gasteiger partial charge in [-0.15, -0.1) is 0 Å². The normalized spacial score (nSPS) is 10.1. The number of likely N-dealkylation sites (N-methyl/N-ethyl adjacent to an activating group) is 1. The first-order chi connectivity index (χ1) is 11.9. The molecule has 0 aliphatic carbocycles. The molecule has 0 bridgehead atoms. The van der Waals surface area contributed by atoms with Crippen molar-refractivity contribution < 1.29 is 18.7 Å². The largest absolute Gasteiger partial charge is 0.494 e. The van der Waals surface area contributed by atoms with E-state index >= 15 is 0 Å². The van der Waals surface area contributed by atoms with Gasteiger partial charge in [0, 0.05) is 20.2 Å². The first-order valence-electron chi connectivity index (χ1n) is 7.73. The number of para-hydroxylation sites is 1. The number of rotatable bonds is 5. The third-order valence-electron chi connectivity index (χ3n) is 3.29. The Labute approximate surface area is 145 Å². The maximum absolute atomic E-state index is 13.9.